The molecule has 4 rings (SSSR count). The van der Waals surface area contributed by atoms with Crippen LogP contribution in [0, 0.1) is 13.8 Å². The van der Waals surface area contributed by atoms with Gasteiger partial charge < -0.3 is 9.30 Å². The topological polar surface area (TPSA) is 93.0 Å². The first-order chi connectivity index (χ1) is 18.2. The Bertz CT molecular complexity index is 1570. The molecule has 0 aliphatic rings. The predicted molar refractivity (Wildman–Crippen MR) is 153 cm³/mol. The summed E-state index contributed by atoms with van der Waals surface area (Å²) in [4.78, 5) is 13.0. The van der Waals surface area contributed by atoms with Crippen LogP contribution in [0.1, 0.15) is 17.0 Å². The van der Waals surface area contributed by atoms with Gasteiger partial charge in [-0.25, -0.2) is 13.8 Å². The zero-order chi connectivity index (χ0) is 27.3. The van der Waals surface area contributed by atoms with Gasteiger partial charge in [0.1, 0.15) is 12.3 Å². The SMILES string of the molecule is COc1cccc(N(CC(=O)N/N=C\c2cc(C)n(-c3ccc(Br)cc3)c2C)S(=O)(=O)c2ccccc2)c1. The predicted octanol–water partition coefficient (Wildman–Crippen LogP) is 5.21. The second-order valence-electron chi connectivity index (χ2n) is 8.46. The summed E-state index contributed by atoms with van der Waals surface area (Å²) < 4.78 is 36.3. The molecule has 0 saturated carbocycles. The molecule has 0 saturated heterocycles. The molecule has 0 fully saturated rings. The molecule has 0 atom stereocenters. The molecule has 8 nitrogen and oxygen atoms in total. The van der Waals surface area contributed by atoms with Crippen LogP contribution < -0.4 is 14.5 Å². The summed E-state index contributed by atoms with van der Waals surface area (Å²) in [6.07, 6.45) is 1.55. The van der Waals surface area contributed by atoms with Crippen LogP contribution in [0.15, 0.2) is 99.4 Å². The highest BCUT2D eigenvalue weighted by Gasteiger charge is 2.27. The van der Waals surface area contributed by atoms with Gasteiger partial charge in [-0.3, -0.25) is 9.10 Å². The number of hydrazone groups is 1. The molecule has 10 heteroatoms. The number of carbonyl (C=O) groups is 1. The van der Waals surface area contributed by atoms with Gasteiger partial charge in [-0.2, -0.15) is 5.10 Å². The molecule has 0 aliphatic heterocycles. The number of aryl methyl sites for hydroxylation is 1. The Morgan fingerprint density at radius 2 is 1.74 bits per heavy atom. The first-order valence-corrected chi connectivity index (χ1v) is 13.9. The van der Waals surface area contributed by atoms with Crippen molar-refractivity contribution in [1.82, 2.24) is 9.99 Å². The molecule has 1 amide bonds. The number of carbonyl (C=O) groups excluding carboxylic acids is 1. The third-order valence-electron chi connectivity index (χ3n) is 5.91. The first kappa shape index (κ1) is 27.2. The average molecular weight is 596 g/mol. The summed E-state index contributed by atoms with van der Waals surface area (Å²) in [5.41, 5.74) is 6.55. The molecule has 0 unspecified atom stereocenters. The summed E-state index contributed by atoms with van der Waals surface area (Å²) in [5.74, 6) is -0.124. The minimum absolute atomic E-state index is 0.0690. The zero-order valence-electron chi connectivity index (χ0n) is 21.1. The molecule has 38 heavy (non-hydrogen) atoms. The van der Waals surface area contributed by atoms with E-state index in [9.17, 15) is 13.2 Å². The third-order valence-corrected chi connectivity index (χ3v) is 8.22. The van der Waals surface area contributed by atoms with Crippen LogP contribution in [0.2, 0.25) is 0 Å². The molecular formula is C28H27BrN4O4S. The molecule has 3 aromatic carbocycles. The molecule has 0 spiro atoms. The van der Waals surface area contributed by atoms with Crippen LogP contribution in [0.25, 0.3) is 5.69 Å². The Hall–Kier alpha value is -3.89. The van der Waals surface area contributed by atoms with Crippen molar-refractivity contribution in [1.29, 1.82) is 0 Å². The molecule has 0 bridgehead atoms. The molecule has 1 aromatic heterocycles. The molecule has 4 aromatic rings. The maximum atomic E-state index is 13.5. The summed E-state index contributed by atoms with van der Waals surface area (Å²) in [6.45, 7) is 3.49. The monoisotopic (exact) mass is 594 g/mol. The van der Waals surface area contributed by atoms with E-state index in [4.69, 9.17) is 4.74 Å². The number of sulfonamides is 1. The number of aromatic nitrogens is 1. The lowest BCUT2D eigenvalue weighted by Crippen LogP contribution is -2.39. The van der Waals surface area contributed by atoms with Crippen molar-refractivity contribution in [2.75, 3.05) is 18.0 Å². The van der Waals surface area contributed by atoms with Gasteiger partial charge in [0.05, 0.1) is 23.9 Å². The van der Waals surface area contributed by atoms with Crippen molar-refractivity contribution >= 4 is 43.8 Å². The smallest absolute Gasteiger partial charge is 0.264 e. The molecule has 1 heterocycles. The Morgan fingerprint density at radius 1 is 1.03 bits per heavy atom. The number of amides is 1. The number of halogens is 1. The van der Waals surface area contributed by atoms with Crippen molar-refractivity contribution in [2.24, 2.45) is 5.10 Å². The standard InChI is InChI=1S/C28H27BrN4O4S/c1-20-16-22(21(2)33(20)24-14-12-23(29)13-15-24)18-30-31-28(34)19-32(25-8-7-9-26(17-25)37-3)38(35,36)27-10-5-4-6-11-27/h4-18H,19H2,1-3H3,(H,31,34)/b30-18-. The maximum Gasteiger partial charge on any atom is 0.264 e. The van der Waals surface area contributed by atoms with E-state index in [1.54, 1.807) is 48.7 Å². The molecule has 0 aliphatic carbocycles. The lowest BCUT2D eigenvalue weighted by Gasteiger charge is -2.24. The highest BCUT2D eigenvalue weighted by atomic mass is 79.9. The van der Waals surface area contributed by atoms with E-state index < -0.39 is 22.5 Å². The normalized spacial score (nSPS) is 11.5. The van der Waals surface area contributed by atoms with E-state index in [-0.39, 0.29) is 4.90 Å². The quantitative estimate of drug-likeness (QED) is 0.213. The van der Waals surface area contributed by atoms with E-state index in [0.717, 1.165) is 31.4 Å². The van der Waals surface area contributed by atoms with E-state index in [2.05, 4.69) is 31.0 Å². The van der Waals surface area contributed by atoms with Crippen molar-refractivity contribution in [3.63, 3.8) is 0 Å². The van der Waals surface area contributed by atoms with Crippen LogP contribution in [0.3, 0.4) is 0 Å². The fourth-order valence-corrected chi connectivity index (χ4v) is 5.74. The minimum Gasteiger partial charge on any atom is -0.497 e. The summed E-state index contributed by atoms with van der Waals surface area (Å²) in [5, 5.41) is 4.11. The number of hydrogen-bond acceptors (Lipinski definition) is 5. The highest BCUT2D eigenvalue weighted by molar-refractivity contribution is 9.10. The van der Waals surface area contributed by atoms with Crippen LogP contribution in [-0.4, -0.2) is 38.8 Å². The third kappa shape index (κ3) is 5.98. The Morgan fingerprint density at radius 3 is 2.42 bits per heavy atom. The van der Waals surface area contributed by atoms with Gasteiger partial charge >= 0.3 is 0 Å². The highest BCUT2D eigenvalue weighted by Crippen LogP contribution is 2.27. The second kappa shape index (κ2) is 11.7. The van der Waals surface area contributed by atoms with Gasteiger partial charge in [-0.05, 0) is 68.4 Å². The van der Waals surface area contributed by atoms with Gasteiger partial charge in [-0.15, -0.1) is 0 Å². The molecule has 196 valence electrons. The van der Waals surface area contributed by atoms with Gasteiger partial charge in [-0.1, -0.05) is 40.2 Å². The van der Waals surface area contributed by atoms with Gasteiger partial charge in [0.2, 0.25) is 0 Å². The first-order valence-electron chi connectivity index (χ1n) is 11.7. The molecular weight excluding hydrogens is 568 g/mol. The van der Waals surface area contributed by atoms with E-state index in [0.29, 0.717) is 11.4 Å². The Labute approximate surface area is 230 Å². The van der Waals surface area contributed by atoms with Crippen molar-refractivity contribution in [3.8, 4) is 11.4 Å². The van der Waals surface area contributed by atoms with Crippen LogP contribution in [0.5, 0.6) is 5.75 Å². The van der Waals surface area contributed by atoms with Crippen LogP contribution >= 0.6 is 15.9 Å². The summed E-state index contributed by atoms with van der Waals surface area (Å²) >= 11 is 3.45. The van der Waals surface area contributed by atoms with Crippen molar-refractivity contribution in [2.45, 2.75) is 18.7 Å². The lowest BCUT2D eigenvalue weighted by molar-refractivity contribution is -0.119. The van der Waals surface area contributed by atoms with E-state index in [1.807, 2.05) is 44.2 Å². The van der Waals surface area contributed by atoms with Crippen molar-refractivity contribution in [3.05, 3.63) is 106 Å². The number of benzene rings is 3. The fraction of sp³-hybridized carbons (Fsp3) is 0.143. The zero-order valence-corrected chi connectivity index (χ0v) is 23.5. The minimum atomic E-state index is -4.04. The average Bonchev–Trinajstić information content (AvgIpc) is 3.20. The largest absolute Gasteiger partial charge is 0.497 e. The summed E-state index contributed by atoms with van der Waals surface area (Å²) in [6, 6.07) is 24.4. The van der Waals surface area contributed by atoms with Crippen molar-refractivity contribution < 1.29 is 17.9 Å². The molecule has 1 N–H and O–H groups in total. The maximum absolute atomic E-state index is 13.5. The Kier molecular flexibility index (Phi) is 8.33. The van der Waals surface area contributed by atoms with E-state index in [1.165, 1.54) is 19.2 Å². The fourth-order valence-electron chi connectivity index (χ4n) is 4.05. The number of anilines is 1. The molecule has 0 radical (unpaired) electrons. The summed E-state index contributed by atoms with van der Waals surface area (Å²) in [7, 11) is -2.55. The number of methoxy groups -OCH3 is 1. The number of nitrogens with zero attached hydrogens (tertiary/aromatic N) is 3. The number of ether oxygens (including phenoxy) is 1. The van der Waals surface area contributed by atoms with Gasteiger partial charge in [0.15, 0.2) is 0 Å². The van der Waals surface area contributed by atoms with Crippen LogP contribution in [0.4, 0.5) is 5.69 Å². The van der Waals surface area contributed by atoms with Crippen LogP contribution in [-0.2, 0) is 14.8 Å². The number of rotatable bonds is 9. The number of nitrogens with one attached hydrogen (secondary N) is 1. The van der Waals surface area contributed by atoms with Gasteiger partial charge in [0, 0.05) is 33.2 Å². The second-order valence-corrected chi connectivity index (χ2v) is 11.2. The van der Waals surface area contributed by atoms with E-state index >= 15 is 0 Å². The lowest BCUT2D eigenvalue weighted by atomic mass is 10.2. The Balaban J connectivity index is 1.55. The van der Waals surface area contributed by atoms with Gasteiger partial charge in [0.25, 0.3) is 15.9 Å². The number of hydrogen-bond donors (Lipinski definition) is 1.